The van der Waals surface area contributed by atoms with Crippen LogP contribution in [0.3, 0.4) is 0 Å². The van der Waals surface area contributed by atoms with Crippen LogP contribution in [0.5, 0.6) is 0 Å². The van der Waals surface area contributed by atoms with Crippen molar-refractivity contribution in [1.82, 2.24) is 10.3 Å². The van der Waals surface area contributed by atoms with Gasteiger partial charge in [0.15, 0.2) is 5.78 Å². The molecule has 0 radical (unpaired) electrons. The number of aromatic nitrogens is 1. The number of allylic oxidation sites excluding steroid dienone is 4. The number of carbonyl (C=O) groups excluding carboxylic acids is 2. The van der Waals surface area contributed by atoms with Crippen LogP contribution in [0.1, 0.15) is 91.1 Å². The second kappa shape index (κ2) is 12.8. The summed E-state index contributed by atoms with van der Waals surface area (Å²) in [6.07, 6.45) is 5.92. The Labute approximate surface area is 254 Å². The first-order chi connectivity index (χ1) is 19.9. The summed E-state index contributed by atoms with van der Waals surface area (Å²) in [7, 11) is -4.66. The van der Waals surface area contributed by atoms with Gasteiger partial charge in [-0.15, -0.1) is 0 Å². The molecular weight excluding hydrogens is 622 g/mol. The first-order valence-corrected chi connectivity index (χ1v) is 16.1. The van der Waals surface area contributed by atoms with Crippen LogP contribution < -0.4 is 16.4 Å². The van der Waals surface area contributed by atoms with E-state index in [1.54, 1.807) is 32.3 Å². The first kappa shape index (κ1) is 31.4. The number of primary amides is 1. The second-order valence-electron chi connectivity index (χ2n) is 10.7. The maximum absolute atomic E-state index is 13.7. The number of carbonyl (C=O) groups is 2. The van der Waals surface area contributed by atoms with Gasteiger partial charge >= 0.3 is 0 Å². The maximum atomic E-state index is 13.7. The van der Waals surface area contributed by atoms with Crippen LogP contribution in [-0.4, -0.2) is 29.6 Å². The van der Waals surface area contributed by atoms with E-state index in [9.17, 15) is 27.8 Å². The number of amides is 1. The highest BCUT2D eigenvalue weighted by atomic mass is 79.9. The van der Waals surface area contributed by atoms with Crippen LogP contribution >= 0.6 is 15.9 Å². The first-order valence-electron chi connectivity index (χ1n) is 13.8. The lowest BCUT2D eigenvalue weighted by Gasteiger charge is -2.37. The number of hydrogen-bond acceptors (Lipinski definition) is 8. The van der Waals surface area contributed by atoms with Crippen LogP contribution in [-0.2, 0) is 21.5 Å². The molecule has 0 saturated heterocycles. The zero-order valence-corrected chi connectivity index (χ0v) is 26.1. The Balaban J connectivity index is 2.03. The molecule has 1 aromatic heterocycles. The molecule has 0 spiro atoms. The van der Waals surface area contributed by atoms with E-state index < -0.39 is 27.2 Å². The van der Waals surface area contributed by atoms with Crippen LogP contribution in [0.4, 0.5) is 5.69 Å². The van der Waals surface area contributed by atoms with Gasteiger partial charge in [-0.2, -0.15) is 13.7 Å². The van der Waals surface area contributed by atoms with Crippen molar-refractivity contribution in [1.29, 1.82) is 5.26 Å². The fourth-order valence-corrected chi connectivity index (χ4v) is 8.05. The third-order valence-electron chi connectivity index (χ3n) is 7.89. The van der Waals surface area contributed by atoms with Crippen LogP contribution in [0.25, 0.3) is 0 Å². The third-order valence-corrected chi connectivity index (χ3v) is 10.00. The predicted molar refractivity (Wildman–Crippen MR) is 163 cm³/mol. The molecule has 0 bridgehead atoms. The SMILES string of the molecule is CCCC1CC(=O)C2=C(C1)NC(C)=C(C#N)C2c1cc(C(N)=O)c(NCc2cccnc2)c(Br)c1C(CC)S(=O)(=O)O. The summed E-state index contributed by atoms with van der Waals surface area (Å²) in [6, 6.07) is 7.25. The second-order valence-corrected chi connectivity index (χ2v) is 13.1. The summed E-state index contributed by atoms with van der Waals surface area (Å²) in [4.78, 5) is 30.7. The van der Waals surface area contributed by atoms with Gasteiger partial charge in [0.1, 0.15) is 5.25 Å². The fourth-order valence-electron chi connectivity index (χ4n) is 6.07. The molecule has 1 amide bonds. The molecule has 4 rings (SSSR count). The smallest absolute Gasteiger partial charge is 0.272 e. The number of nitrogens with one attached hydrogen (secondary N) is 2. The molecule has 1 aliphatic heterocycles. The zero-order chi connectivity index (χ0) is 30.8. The molecule has 2 aromatic rings. The van der Waals surface area contributed by atoms with Gasteiger partial charge in [0, 0.05) is 46.8 Å². The number of halogens is 1. The molecule has 2 aliphatic rings. The van der Waals surface area contributed by atoms with Gasteiger partial charge in [-0.05, 0) is 76.9 Å². The molecular formula is C30H34BrN5O5S. The third kappa shape index (κ3) is 6.14. The number of rotatable bonds is 10. The molecule has 12 heteroatoms. The van der Waals surface area contributed by atoms with Gasteiger partial charge in [-0.1, -0.05) is 26.3 Å². The summed E-state index contributed by atoms with van der Waals surface area (Å²) in [5, 5.41) is 15.3. The number of anilines is 1. The summed E-state index contributed by atoms with van der Waals surface area (Å²) in [6.45, 7) is 5.64. The average Bonchev–Trinajstić information content (AvgIpc) is 2.92. The Bertz CT molecular complexity index is 1630. The standard InChI is InChI=1S/C30H34BrN5O5S/c1-4-7-17-10-22-27(23(37)11-17)25(21(13-32)16(3)36-22)19-12-20(30(33)38)29(35-15-18-8-6-9-34-14-18)28(31)26(19)24(5-2)42(39,40)41/h6,8-9,12,14,17,24-25,35-36H,4-5,7,10-11,15H2,1-3H3,(H2,33,38)(H,39,40,41). The van der Waals surface area contributed by atoms with Crippen molar-refractivity contribution in [3.8, 4) is 6.07 Å². The van der Waals surface area contributed by atoms with Crippen LogP contribution in [0.2, 0.25) is 0 Å². The highest BCUT2D eigenvalue weighted by molar-refractivity contribution is 9.10. The van der Waals surface area contributed by atoms with Crippen LogP contribution in [0.15, 0.2) is 57.6 Å². The van der Waals surface area contributed by atoms with E-state index in [1.165, 1.54) is 6.07 Å². The van der Waals surface area contributed by atoms with E-state index in [-0.39, 0.29) is 57.1 Å². The molecule has 1 aliphatic carbocycles. The minimum absolute atomic E-state index is 0.0175. The largest absolute Gasteiger partial charge is 0.379 e. The molecule has 3 atom stereocenters. The molecule has 10 nitrogen and oxygen atoms in total. The summed E-state index contributed by atoms with van der Waals surface area (Å²) in [5.41, 5.74) is 9.13. The number of benzene rings is 1. The average molecular weight is 657 g/mol. The van der Waals surface area contributed by atoms with E-state index in [0.29, 0.717) is 29.8 Å². The van der Waals surface area contributed by atoms with E-state index >= 15 is 0 Å². The van der Waals surface area contributed by atoms with E-state index in [2.05, 4.69) is 44.5 Å². The zero-order valence-electron chi connectivity index (χ0n) is 23.7. The molecule has 0 fully saturated rings. The Morgan fingerprint density at radius 1 is 1.36 bits per heavy atom. The molecule has 3 unspecified atom stereocenters. The lowest BCUT2D eigenvalue weighted by Crippen LogP contribution is -2.35. The van der Waals surface area contributed by atoms with Crippen molar-refractivity contribution in [3.63, 3.8) is 0 Å². The Hall–Kier alpha value is -3.53. The van der Waals surface area contributed by atoms with Gasteiger partial charge in [0.25, 0.3) is 16.0 Å². The van der Waals surface area contributed by atoms with Crippen LogP contribution in [0, 0.1) is 17.2 Å². The van der Waals surface area contributed by atoms with Gasteiger partial charge in [-0.3, -0.25) is 19.1 Å². The number of Topliss-reactive ketones (excluding diaryl/α,β-unsaturated/α-hetero) is 1. The number of nitriles is 1. The van der Waals surface area contributed by atoms with Crippen molar-refractivity contribution in [2.45, 2.75) is 70.6 Å². The van der Waals surface area contributed by atoms with Gasteiger partial charge in [-0.25, -0.2) is 0 Å². The Morgan fingerprint density at radius 3 is 2.67 bits per heavy atom. The quantitative estimate of drug-likeness (QED) is 0.244. The Kier molecular flexibility index (Phi) is 9.55. The Morgan fingerprint density at radius 2 is 2.10 bits per heavy atom. The molecule has 2 heterocycles. The topological polar surface area (TPSA) is 175 Å². The van der Waals surface area contributed by atoms with Gasteiger partial charge < -0.3 is 16.4 Å². The molecule has 222 valence electrons. The molecule has 0 saturated carbocycles. The van der Waals surface area contributed by atoms with Gasteiger partial charge in [0.05, 0.1) is 28.8 Å². The minimum Gasteiger partial charge on any atom is -0.379 e. The molecule has 1 aromatic carbocycles. The molecule has 42 heavy (non-hydrogen) atoms. The summed E-state index contributed by atoms with van der Waals surface area (Å²) in [5.74, 6) is -1.77. The van der Waals surface area contributed by atoms with Crippen molar-refractivity contribution in [2.24, 2.45) is 11.7 Å². The van der Waals surface area contributed by atoms with E-state index in [1.807, 2.05) is 6.07 Å². The summed E-state index contributed by atoms with van der Waals surface area (Å²) >= 11 is 3.54. The lowest BCUT2D eigenvalue weighted by molar-refractivity contribution is -0.117. The summed E-state index contributed by atoms with van der Waals surface area (Å²) < 4.78 is 36.1. The highest BCUT2D eigenvalue weighted by Gasteiger charge is 2.42. The highest BCUT2D eigenvalue weighted by Crippen LogP contribution is 2.50. The van der Waals surface area contributed by atoms with Crippen molar-refractivity contribution in [2.75, 3.05) is 5.32 Å². The predicted octanol–water partition coefficient (Wildman–Crippen LogP) is 5.41. The normalized spacial score (nSPS) is 19.6. The van der Waals surface area contributed by atoms with E-state index in [4.69, 9.17) is 5.73 Å². The van der Waals surface area contributed by atoms with E-state index in [0.717, 1.165) is 18.4 Å². The number of pyridine rings is 1. The van der Waals surface area contributed by atoms with Gasteiger partial charge in [0.2, 0.25) is 0 Å². The lowest BCUT2D eigenvalue weighted by atomic mass is 9.71. The minimum atomic E-state index is -4.66. The number of nitrogens with two attached hydrogens (primary N) is 1. The van der Waals surface area contributed by atoms with Crippen molar-refractivity contribution < 1.29 is 22.6 Å². The fraction of sp³-hybridized carbons (Fsp3) is 0.400. The number of nitrogens with zero attached hydrogens (tertiary/aromatic N) is 2. The molecule has 5 N–H and O–H groups in total. The van der Waals surface area contributed by atoms with Crippen molar-refractivity contribution >= 4 is 43.4 Å². The van der Waals surface area contributed by atoms with Crippen molar-refractivity contribution in [3.05, 3.63) is 79.9 Å². The maximum Gasteiger partial charge on any atom is 0.272 e. The number of ketones is 1. The number of dihydropyridines is 1. The number of hydrogen-bond donors (Lipinski definition) is 4. The monoisotopic (exact) mass is 655 g/mol.